The van der Waals surface area contributed by atoms with Crippen LogP contribution >= 0.6 is 0 Å². The number of nitrogens with zero attached hydrogens (tertiary/aromatic N) is 1. The Kier molecular flexibility index (Phi) is 5.33. The molecule has 0 unspecified atom stereocenters. The minimum atomic E-state index is -0.291. The lowest BCUT2D eigenvalue weighted by atomic mass is 9.94. The van der Waals surface area contributed by atoms with E-state index in [1.807, 2.05) is 0 Å². The van der Waals surface area contributed by atoms with Crippen molar-refractivity contribution in [1.29, 1.82) is 0 Å². The topological polar surface area (TPSA) is 50.8 Å². The molecule has 2 saturated heterocycles. The minimum Gasteiger partial charge on any atom is -0.491 e. The molecule has 0 spiro atoms. The van der Waals surface area contributed by atoms with Gasteiger partial charge in [-0.15, -0.1) is 0 Å². The standard InChI is InChI=1S/C17H23FN2O3/c18-14-1-3-16(4-2-14)22-11-15-12-23-17(21)20(15)10-7-13-5-8-19-9-6-13/h1-4,13,15,19H,5-12H2/t15-/m1/s1. The number of hydrogen-bond acceptors (Lipinski definition) is 4. The lowest BCUT2D eigenvalue weighted by molar-refractivity contribution is 0.151. The molecule has 23 heavy (non-hydrogen) atoms. The van der Waals surface area contributed by atoms with Crippen molar-refractivity contribution in [3.05, 3.63) is 30.1 Å². The average Bonchev–Trinajstić information content (AvgIpc) is 2.93. The average molecular weight is 322 g/mol. The zero-order chi connectivity index (χ0) is 16.1. The fourth-order valence-corrected chi connectivity index (χ4v) is 3.12. The van der Waals surface area contributed by atoms with Crippen LogP contribution in [0.25, 0.3) is 0 Å². The van der Waals surface area contributed by atoms with Gasteiger partial charge in [-0.3, -0.25) is 4.90 Å². The molecule has 2 aliphatic rings. The quantitative estimate of drug-likeness (QED) is 0.874. The molecule has 1 aromatic rings. The van der Waals surface area contributed by atoms with E-state index in [4.69, 9.17) is 9.47 Å². The highest BCUT2D eigenvalue weighted by atomic mass is 19.1. The van der Waals surface area contributed by atoms with Crippen molar-refractivity contribution < 1.29 is 18.7 Å². The van der Waals surface area contributed by atoms with Gasteiger partial charge in [0.25, 0.3) is 0 Å². The summed E-state index contributed by atoms with van der Waals surface area (Å²) in [5.74, 6) is 0.979. The summed E-state index contributed by atoms with van der Waals surface area (Å²) in [4.78, 5) is 13.7. The van der Waals surface area contributed by atoms with Crippen molar-refractivity contribution in [2.75, 3.05) is 32.8 Å². The molecule has 6 heteroatoms. The van der Waals surface area contributed by atoms with E-state index in [9.17, 15) is 9.18 Å². The molecule has 126 valence electrons. The van der Waals surface area contributed by atoms with Crippen molar-refractivity contribution in [2.45, 2.75) is 25.3 Å². The summed E-state index contributed by atoms with van der Waals surface area (Å²) in [5.41, 5.74) is 0. The van der Waals surface area contributed by atoms with E-state index in [1.165, 1.54) is 25.0 Å². The number of carbonyl (C=O) groups is 1. The molecule has 3 rings (SSSR count). The summed E-state index contributed by atoms with van der Waals surface area (Å²) in [6.45, 7) is 3.55. The summed E-state index contributed by atoms with van der Waals surface area (Å²) in [7, 11) is 0. The van der Waals surface area contributed by atoms with E-state index >= 15 is 0 Å². The zero-order valence-corrected chi connectivity index (χ0v) is 13.2. The van der Waals surface area contributed by atoms with Gasteiger partial charge in [-0.25, -0.2) is 9.18 Å². The van der Waals surface area contributed by atoms with Gasteiger partial charge in [0, 0.05) is 6.54 Å². The van der Waals surface area contributed by atoms with Crippen LogP contribution in [0.1, 0.15) is 19.3 Å². The third-order valence-electron chi connectivity index (χ3n) is 4.57. The maximum absolute atomic E-state index is 12.9. The van der Waals surface area contributed by atoms with Crippen LogP contribution in [0.3, 0.4) is 0 Å². The molecule has 0 radical (unpaired) electrons. The second-order valence-electron chi connectivity index (χ2n) is 6.17. The molecule has 0 aromatic heterocycles. The summed E-state index contributed by atoms with van der Waals surface area (Å²) in [6, 6.07) is 5.83. The predicted molar refractivity (Wildman–Crippen MR) is 83.9 cm³/mol. The van der Waals surface area contributed by atoms with E-state index < -0.39 is 0 Å². The summed E-state index contributed by atoms with van der Waals surface area (Å²) >= 11 is 0. The molecule has 0 saturated carbocycles. The maximum atomic E-state index is 12.9. The van der Waals surface area contributed by atoms with E-state index in [0.29, 0.717) is 31.4 Å². The molecule has 2 heterocycles. The second kappa shape index (κ2) is 7.64. The first-order chi connectivity index (χ1) is 11.2. The molecule has 0 aliphatic carbocycles. The minimum absolute atomic E-state index is 0.0748. The van der Waals surface area contributed by atoms with Crippen LogP contribution in [-0.4, -0.2) is 49.9 Å². The predicted octanol–water partition coefficient (Wildman–Crippen LogP) is 2.42. The molecule has 1 N–H and O–H groups in total. The molecule has 2 aliphatic heterocycles. The smallest absolute Gasteiger partial charge is 0.410 e. The largest absolute Gasteiger partial charge is 0.491 e. The number of benzene rings is 1. The van der Waals surface area contributed by atoms with Gasteiger partial charge in [0.05, 0.1) is 0 Å². The molecule has 5 nitrogen and oxygen atoms in total. The van der Waals surface area contributed by atoms with E-state index in [2.05, 4.69) is 5.32 Å². The van der Waals surface area contributed by atoms with Gasteiger partial charge < -0.3 is 14.8 Å². The molecular weight excluding hydrogens is 299 g/mol. The molecule has 1 atom stereocenters. The fraction of sp³-hybridized carbons (Fsp3) is 0.588. The third-order valence-corrected chi connectivity index (χ3v) is 4.57. The summed E-state index contributed by atoms with van der Waals surface area (Å²) < 4.78 is 23.7. The van der Waals surface area contributed by atoms with Crippen LogP contribution in [0.2, 0.25) is 0 Å². The van der Waals surface area contributed by atoms with E-state index in [-0.39, 0.29) is 18.0 Å². The van der Waals surface area contributed by atoms with Crippen molar-refractivity contribution in [3.63, 3.8) is 0 Å². The Hall–Kier alpha value is -1.82. The molecule has 0 bridgehead atoms. The number of carbonyl (C=O) groups excluding carboxylic acids is 1. The highest BCUT2D eigenvalue weighted by Crippen LogP contribution is 2.21. The van der Waals surface area contributed by atoms with Crippen molar-refractivity contribution >= 4 is 6.09 Å². The fourth-order valence-electron chi connectivity index (χ4n) is 3.12. The number of halogens is 1. The normalized spacial score (nSPS) is 22.2. The van der Waals surface area contributed by atoms with Gasteiger partial charge in [-0.1, -0.05) is 0 Å². The van der Waals surface area contributed by atoms with Crippen LogP contribution in [0.15, 0.2) is 24.3 Å². The molecule has 1 aromatic carbocycles. The Morgan fingerprint density at radius 2 is 2.00 bits per heavy atom. The van der Waals surface area contributed by atoms with E-state index in [0.717, 1.165) is 19.5 Å². The summed E-state index contributed by atoms with van der Waals surface area (Å²) in [6.07, 6.45) is 3.08. The number of cyclic esters (lactones) is 1. The van der Waals surface area contributed by atoms with Crippen LogP contribution in [0, 0.1) is 11.7 Å². The van der Waals surface area contributed by atoms with Gasteiger partial charge in [0.2, 0.25) is 0 Å². The lowest BCUT2D eigenvalue weighted by Crippen LogP contribution is -2.39. The van der Waals surface area contributed by atoms with Gasteiger partial charge in [0.1, 0.15) is 30.8 Å². The first-order valence-corrected chi connectivity index (χ1v) is 8.25. The first kappa shape index (κ1) is 16.1. The van der Waals surface area contributed by atoms with Gasteiger partial charge >= 0.3 is 6.09 Å². The van der Waals surface area contributed by atoms with Gasteiger partial charge in [-0.05, 0) is 62.5 Å². The first-order valence-electron chi connectivity index (χ1n) is 8.25. The van der Waals surface area contributed by atoms with E-state index in [1.54, 1.807) is 17.0 Å². The monoisotopic (exact) mass is 322 g/mol. The zero-order valence-electron chi connectivity index (χ0n) is 13.2. The number of hydrogen-bond donors (Lipinski definition) is 1. The highest BCUT2D eigenvalue weighted by Gasteiger charge is 2.33. The lowest BCUT2D eigenvalue weighted by Gasteiger charge is -2.26. The maximum Gasteiger partial charge on any atom is 0.410 e. The molecule has 1 amide bonds. The Balaban J connectivity index is 1.49. The highest BCUT2D eigenvalue weighted by molar-refractivity contribution is 5.70. The Morgan fingerprint density at radius 1 is 1.26 bits per heavy atom. The number of ether oxygens (including phenoxy) is 2. The van der Waals surface area contributed by atoms with Crippen LogP contribution in [0.4, 0.5) is 9.18 Å². The van der Waals surface area contributed by atoms with Crippen LogP contribution in [-0.2, 0) is 4.74 Å². The number of amides is 1. The van der Waals surface area contributed by atoms with Crippen molar-refractivity contribution in [2.24, 2.45) is 5.92 Å². The van der Waals surface area contributed by atoms with Gasteiger partial charge in [-0.2, -0.15) is 0 Å². The van der Waals surface area contributed by atoms with Crippen molar-refractivity contribution in [3.8, 4) is 5.75 Å². The van der Waals surface area contributed by atoms with Gasteiger partial charge in [0.15, 0.2) is 0 Å². The Labute approximate surface area is 135 Å². The third kappa shape index (κ3) is 4.34. The van der Waals surface area contributed by atoms with Crippen LogP contribution < -0.4 is 10.1 Å². The molecular formula is C17H23FN2O3. The Bertz CT molecular complexity index is 517. The van der Waals surface area contributed by atoms with Crippen LogP contribution in [0.5, 0.6) is 5.75 Å². The molecule has 2 fully saturated rings. The number of rotatable bonds is 6. The summed E-state index contributed by atoms with van der Waals surface area (Å²) in [5, 5.41) is 3.35. The Morgan fingerprint density at radius 3 is 2.74 bits per heavy atom. The SMILES string of the molecule is O=C1OC[C@@H](COc2ccc(F)cc2)N1CCC1CCNCC1. The second-order valence-corrected chi connectivity index (χ2v) is 6.17. The van der Waals surface area contributed by atoms with Crippen molar-refractivity contribution in [1.82, 2.24) is 10.2 Å². The number of piperidine rings is 1. The number of nitrogens with one attached hydrogen (secondary N) is 1.